The minimum atomic E-state index is -3.65. The van der Waals surface area contributed by atoms with Crippen LogP contribution in [0.3, 0.4) is 0 Å². The Kier molecular flexibility index (Phi) is 5.98. The Morgan fingerprint density at radius 1 is 0.931 bits per heavy atom. The Balaban J connectivity index is 1.35. The standard InChI is InChI=1S/C20H22N2O5S2/c23-20(15-28-16-4-2-1-3-5-16)21-8-10-22(11-9-21)29(24,25)17-6-7-18-19(14-17)27-13-12-26-18/h1-7,14H,8-13,15H2. The summed E-state index contributed by atoms with van der Waals surface area (Å²) in [5.74, 6) is 1.37. The first-order valence-electron chi connectivity index (χ1n) is 9.39. The van der Waals surface area contributed by atoms with Gasteiger partial charge in [-0.15, -0.1) is 11.8 Å². The molecule has 0 bridgehead atoms. The second kappa shape index (κ2) is 8.64. The minimum absolute atomic E-state index is 0.0234. The predicted molar refractivity (Wildman–Crippen MR) is 110 cm³/mol. The Hall–Kier alpha value is -2.23. The van der Waals surface area contributed by atoms with Crippen LogP contribution in [0.4, 0.5) is 0 Å². The molecule has 0 unspecified atom stereocenters. The van der Waals surface area contributed by atoms with Gasteiger partial charge in [0.05, 0.1) is 10.6 Å². The molecule has 0 saturated carbocycles. The Morgan fingerprint density at radius 3 is 2.34 bits per heavy atom. The quantitative estimate of drug-likeness (QED) is 0.671. The number of nitrogens with zero attached hydrogens (tertiary/aromatic N) is 2. The van der Waals surface area contributed by atoms with Crippen molar-refractivity contribution in [2.24, 2.45) is 0 Å². The molecule has 154 valence electrons. The fourth-order valence-electron chi connectivity index (χ4n) is 3.26. The first-order valence-corrected chi connectivity index (χ1v) is 11.8. The summed E-state index contributed by atoms with van der Waals surface area (Å²) in [5.41, 5.74) is 0. The number of rotatable bonds is 5. The molecule has 29 heavy (non-hydrogen) atoms. The molecule has 0 atom stereocenters. The van der Waals surface area contributed by atoms with Crippen molar-refractivity contribution in [2.75, 3.05) is 45.1 Å². The van der Waals surface area contributed by atoms with Crippen molar-refractivity contribution in [3.8, 4) is 11.5 Å². The van der Waals surface area contributed by atoms with E-state index in [0.29, 0.717) is 43.6 Å². The Labute approximate surface area is 174 Å². The topological polar surface area (TPSA) is 76.2 Å². The van der Waals surface area contributed by atoms with E-state index in [9.17, 15) is 13.2 Å². The maximum absolute atomic E-state index is 13.0. The monoisotopic (exact) mass is 434 g/mol. The van der Waals surface area contributed by atoms with E-state index in [1.807, 2.05) is 30.3 Å². The normalized spacial score (nSPS) is 17.2. The van der Waals surface area contributed by atoms with Crippen LogP contribution in [0, 0.1) is 0 Å². The zero-order chi connectivity index (χ0) is 20.3. The third-order valence-corrected chi connectivity index (χ3v) is 7.74. The van der Waals surface area contributed by atoms with Crippen LogP contribution in [0.25, 0.3) is 0 Å². The van der Waals surface area contributed by atoms with Crippen LogP contribution < -0.4 is 9.47 Å². The summed E-state index contributed by atoms with van der Waals surface area (Å²) >= 11 is 1.49. The highest BCUT2D eigenvalue weighted by atomic mass is 32.2. The maximum Gasteiger partial charge on any atom is 0.243 e. The number of thioether (sulfide) groups is 1. The first-order chi connectivity index (χ1) is 14.0. The van der Waals surface area contributed by atoms with Crippen LogP contribution in [0.15, 0.2) is 58.3 Å². The second-order valence-corrected chi connectivity index (χ2v) is 9.68. The number of carbonyl (C=O) groups excluding carboxylic acids is 1. The zero-order valence-corrected chi connectivity index (χ0v) is 17.5. The van der Waals surface area contributed by atoms with E-state index in [4.69, 9.17) is 9.47 Å². The smallest absolute Gasteiger partial charge is 0.243 e. The highest BCUT2D eigenvalue weighted by Gasteiger charge is 2.31. The molecule has 7 nitrogen and oxygen atoms in total. The minimum Gasteiger partial charge on any atom is -0.486 e. The fraction of sp³-hybridized carbons (Fsp3) is 0.350. The van der Waals surface area contributed by atoms with Gasteiger partial charge in [0.15, 0.2) is 11.5 Å². The lowest BCUT2D eigenvalue weighted by atomic mass is 10.3. The van der Waals surface area contributed by atoms with Gasteiger partial charge in [-0.3, -0.25) is 4.79 Å². The largest absolute Gasteiger partial charge is 0.486 e. The highest BCUT2D eigenvalue weighted by molar-refractivity contribution is 8.00. The molecule has 1 saturated heterocycles. The molecule has 2 aliphatic heterocycles. The van der Waals surface area contributed by atoms with Gasteiger partial charge in [-0.2, -0.15) is 4.31 Å². The molecule has 0 aromatic heterocycles. The summed E-state index contributed by atoms with van der Waals surface area (Å²) in [6, 6.07) is 14.4. The fourth-order valence-corrected chi connectivity index (χ4v) is 5.52. The molecule has 2 aromatic carbocycles. The van der Waals surface area contributed by atoms with Crippen molar-refractivity contribution in [1.29, 1.82) is 0 Å². The van der Waals surface area contributed by atoms with E-state index in [0.717, 1.165) is 4.90 Å². The maximum atomic E-state index is 13.0. The average molecular weight is 435 g/mol. The number of piperazine rings is 1. The molecule has 2 aromatic rings. The third kappa shape index (κ3) is 4.52. The van der Waals surface area contributed by atoms with E-state index in [-0.39, 0.29) is 23.9 Å². The second-order valence-electron chi connectivity index (χ2n) is 6.69. The van der Waals surface area contributed by atoms with Crippen LogP contribution in [0.5, 0.6) is 11.5 Å². The molecular formula is C20H22N2O5S2. The Morgan fingerprint density at radius 2 is 1.62 bits per heavy atom. The molecule has 2 heterocycles. The number of fused-ring (bicyclic) bond motifs is 1. The van der Waals surface area contributed by atoms with Gasteiger partial charge in [-0.05, 0) is 24.3 Å². The van der Waals surface area contributed by atoms with E-state index >= 15 is 0 Å². The summed E-state index contributed by atoms with van der Waals surface area (Å²) < 4.78 is 38.3. The third-order valence-electron chi connectivity index (χ3n) is 4.85. The van der Waals surface area contributed by atoms with E-state index in [1.54, 1.807) is 11.0 Å². The summed E-state index contributed by atoms with van der Waals surface area (Å²) in [6.07, 6.45) is 0. The van der Waals surface area contributed by atoms with Crippen LogP contribution in [0.1, 0.15) is 0 Å². The first kappa shape index (κ1) is 20.1. The number of hydrogen-bond acceptors (Lipinski definition) is 6. The zero-order valence-electron chi connectivity index (χ0n) is 15.8. The van der Waals surface area contributed by atoms with Crippen molar-refractivity contribution < 1.29 is 22.7 Å². The van der Waals surface area contributed by atoms with E-state index in [1.165, 1.54) is 28.2 Å². The SMILES string of the molecule is O=C(CSc1ccccc1)N1CCN(S(=O)(=O)c2ccc3c(c2)OCCO3)CC1. The molecule has 0 aliphatic carbocycles. The molecule has 1 fully saturated rings. The molecule has 0 radical (unpaired) electrons. The van der Waals surface area contributed by atoms with Crippen LogP contribution in [0.2, 0.25) is 0 Å². The van der Waals surface area contributed by atoms with Gasteiger partial charge in [-0.25, -0.2) is 8.42 Å². The number of benzene rings is 2. The molecule has 0 spiro atoms. The number of sulfonamides is 1. The van der Waals surface area contributed by atoms with Gasteiger partial charge >= 0.3 is 0 Å². The summed E-state index contributed by atoms with van der Waals surface area (Å²) in [4.78, 5) is 15.4. The van der Waals surface area contributed by atoms with Crippen molar-refractivity contribution in [3.05, 3.63) is 48.5 Å². The van der Waals surface area contributed by atoms with Crippen molar-refractivity contribution in [3.63, 3.8) is 0 Å². The van der Waals surface area contributed by atoms with Gasteiger partial charge in [0.25, 0.3) is 0 Å². The van der Waals surface area contributed by atoms with Crippen LogP contribution in [-0.2, 0) is 14.8 Å². The van der Waals surface area contributed by atoms with Gasteiger partial charge < -0.3 is 14.4 Å². The molecule has 4 rings (SSSR count). The van der Waals surface area contributed by atoms with Crippen molar-refractivity contribution >= 4 is 27.7 Å². The lowest BCUT2D eigenvalue weighted by molar-refractivity contribution is -0.129. The van der Waals surface area contributed by atoms with Crippen LogP contribution >= 0.6 is 11.8 Å². The lowest BCUT2D eigenvalue weighted by Crippen LogP contribution is -2.50. The average Bonchev–Trinajstić information content (AvgIpc) is 2.78. The summed E-state index contributed by atoms with van der Waals surface area (Å²) in [7, 11) is -3.65. The molecule has 2 aliphatic rings. The summed E-state index contributed by atoms with van der Waals surface area (Å²) in [5, 5.41) is 0. The lowest BCUT2D eigenvalue weighted by Gasteiger charge is -2.34. The van der Waals surface area contributed by atoms with Gasteiger partial charge in [0.1, 0.15) is 13.2 Å². The highest BCUT2D eigenvalue weighted by Crippen LogP contribution is 2.33. The number of hydrogen-bond donors (Lipinski definition) is 0. The number of carbonyl (C=O) groups is 1. The van der Waals surface area contributed by atoms with Gasteiger partial charge in [-0.1, -0.05) is 18.2 Å². The van der Waals surface area contributed by atoms with E-state index in [2.05, 4.69) is 0 Å². The van der Waals surface area contributed by atoms with E-state index < -0.39 is 10.0 Å². The van der Waals surface area contributed by atoms with Crippen molar-refractivity contribution in [2.45, 2.75) is 9.79 Å². The molecule has 1 amide bonds. The number of ether oxygens (including phenoxy) is 2. The van der Waals surface area contributed by atoms with Crippen molar-refractivity contribution in [1.82, 2.24) is 9.21 Å². The number of amides is 1. The summed E-state index contributed by atoms with van der Waals surface area (Å²) in [6.45, 7) is 2.18. The molecule has 0 N–H and O–H groups in total. The van der Waals surface area contributed by atoms with Gasteiger partial charge in [0.2, 0.25) is 15.9 Å². The Bertz CT molecular complexity index is 974. The molecular weight excluding hydrogens is 412 g/mol. The predicted octanol–water partition coefficient (Wildman–Crippen LogP) is 2.08. The van der Waals surface area contributed by atoms with Crippen LogP contribution in [-0.4, -0.2) is 68.7 Å². The molecule has 9 heteroatoms. The van der Waals surface area contributed by atoms with Gasteiger partial charge in [0, 0.05) is 37.1 Å².